The fourth-order valence-corrected chi connectivity index (χ4v) is 2.32. The fraction of sp³-hybridized carbons (Fsp3) is 0.533. The molecule has 0 radical (unpaired) electrons. The van der Waals surface area contributed by atoms with Crippen molar-refractivity contribution in [2.24, 2.45) is 5.73 Å². The van der Waals surface area contributed by atoms with Crippen molar-refractivity contribution in [3.63, 3.8) is 0 Å². The van der Waals surface area contributed by atoms with Gasteiger partial charge >= 0.3 is 0 Å². The Balaban J connectivity index is 1.82. The van der Waals surface area contributed by atoms with E-state index in [0.29, 0.717) is 12.1 Å². The molecule has 1 fully saturated rings. The van der Waals surface area contributed by atoms with Gasteiger partial charge in [0.2, 0.25) is 0 Å². The fourth-order valence-electron chi connectivity index (χ4n) is 2.32. The van der Waals surface area contributed by atoms with E-state index in [0.717, 1.165) is 38.4 Å². The van der Waals surface area contributed by atoms with Gasteiger partial charge in [0.1, 0.15) is 0 Å². The maximum atomic E-state index is 12.1. The van der Waals surface area contributed by atoms with Gasteiger partial charge < -0.3 is 15.8 Å². The zero-order chi connectivity index (χ0) is 14.4. The van der Waals surface area contributed by atoms with Crippen molar-refractivity contribution in [2.75, 3.05) is 32.8 Å². The lowest BCUT2D eigenvalue weighted by Gasteiger charge is -2.29. The first-order chi connectivity index (χ1) is 9.69. The van der Waals surface area contributed by atoms with Crippen LogP contribution in [0.1, 0.15) is 22.8 Å². The second-order valence-electron chi connectivity index (χ2n) is 5.19. The van der Waals surface area contributed by atoms with E-state index in [4.69, 9.17) is 10.5 Å². The Morgan fingerprint density at radius 2 is 2.00 bits per heavy atom. The monoisotopic (exact) mass is 277 g/mol. The highest BCUT2D eigenvalue weighted by molar-refractivity contribution is 5.94. The molecule has 2 rings (SSSR count). The Morgan fingerprint density at radius 1 is 1.35 bits per heavy atom. The van der Waals surface area contributed by atoms with Gasteiger partial charge in [-0.05, 0) is 24.6 Å². The molecular formula is C15H23N3O2. The van der Waals surface area contributed by atoms with Crippen molar-refractivity contribution < 1.29 is 9.53 Å². The molecule has 20 heavy (non-hydrogen) atoms. The molecule has 1 aromatic rings. The van der Waals surface area contributed by atoms with Crippen molar-refractivity contribution in [1.82, 2.24) is 10.2 Å². The van der Waals surface area contributed by atoms with E-state index in [1.165, 1.54) is 0 Å². The molecule has 0 spiro atoms. The molecular weight excluding hydrogens is 254 g/mol. The summed E-state index contributed by atoms with van der Waals surface area (Å²) in [5.41, 5.74) is 7.25. The molecule has 110 valence electrons. The molecule has 1 saturated heterocycles. The quantitative estimate of drug-likeness (QED) is 0.827. The van der Waals surface area contributed by atoms with E-state index >= 15 is 0 Å². The molecule has 0 aliphatic carbocycles. The largest absolute Gasteiger partial charge is 0.379 e. The summed E-state index contributed by atoms with van der Waals surface area (Å²) in [6.45, 7) is 6.81. The summed E-state index contributed by atoms with van der Waals surface area (Å²) in [5.74, 6) is -0.0330. The molecule has 5 nitrogen and oxygen atoms in total. The van der Waals surface area contributed by atoms with Gasteiger partial charge in [-0.2, -0.15) is 0 Å². The van der Waals surface area contributed by atoms with Crippen molar-refractivity contribution in [3.8, 4) is 0 Å². The summed E-state index contributed by atoms with van der Waals surface area (Å²) in [5, 5.41) is 3.03. The van der Waals surface area contributed by atoms with Crippen LogP contribution in [0.25, 0.3) is 0 Å². The molecule has 5 heteroatoms. The van der Waals surface area contributed by atoms with Crippen molar-refractivity contribution in [2.45, 2.75) is 19.5 Å². The zero-order valence-corrected chi connectivity index (χ0v) is 12.0. The number of benzene rings is 1. The molecule has 1 unspecified atom stereocenters. The highest BCUT2D eigenvalue weighted by atomic mass is 16.5. The Labute approximate surface area is 120 Å². The van der Waals surface area contributed by atoms with Crippen LogP contribution in [0.3, 0.4) is 0 Å². The number of carbonyl (C=O) groups excluding carboxylic acids is 1. The van der Waals surface area contributed by atoms with Gasteiger partial charge in [0.15, 0.2) is 0 Å². The van der Waals surface area contributed by atoms with Gasteiger partial charge in [0.05, 0.1) is 13.2 Å². The van der Waals surface area contributed by atoms with Crippen LogP contribution in [-0.2, 0) is 11.3 Å². The summed E-state index contributed by atoms with van der Waals surface area (Å²) in [6.07, 6.45) is 0. The Hall–Kier alpha value is -1.43. The van der Waals surface area contributed by atoms with Crippen LogP contribution in [0.4, 0.5) is 0 Å². The smallest absolute Gasteiger partial charge is 0.251 e. The number of nitrogens with one attached hydrogen (secondary N) is 1. The molecule has 0 aromatic heterocycles. The maximum Gasteiger partial charge on any atom is 0.251 e. The molecule has 1 atom stereocenters. The van der Waals surface area contributed by atoms with Gasteiger partial charge in [-0.3, -0.25) is 9.69 Å². The number of nitrogens with two attached hydrogens (primary N) is 1. The lowest BCUT2D eigenvalue weighted by Crippen LogP contribution is -2.46. The molecule has 1 aromatic carbocycles. The van der Waals surface area contributed by atoms with Gasteiger partial charge in [-0.1, -0.05) is 12.1 Å². The first-order valence-electron chi connectivity index (χ1n) is 7.09. The second kappa shape index (κ2) is 7.38. The van der Waals surface area contributed by atoms with Gasteiger partial charge in [-0.15, -0.1) is 0 Å². The second-order valence-corrected chi connectivity index (χ2v) is 5.19. The van der Waals surface area contributed by atoms with Gasteiger partial charge in [0, 0.05) is 37.8 Å². The molecule has 1 heterocycles. The Bertz CT molecular complexity index is 427. The Morgan fingerprint density at radius 3 is 2.60 bits per heavy atom. The third kappa shape index (κ3) is 4.30. The first-order valence-corrected chi connectivity index (χ1v) is 7.09. The third-order valence-corrected chi connectivity index (χ3v) is 3.47. The molecule has 3 N–H and O–H groups in total. The van der Waals surface area contributed by atoms with E-state index < -0.39 is 0 Å². The lowest BCUT2D eigenvalue weighted by molar-refractivity contribution is 0.0342. The number of hydrogen-bond donors (Lipinski definition) is 2. The standard InChI is InChI=1S/C15H23N3O2/c1-12(11-18-6-8-20-9-7-18)17-15(19)14-4-2-13(10-16)3-5-14/h2-5,12H,6-11,16H2,1H3,(H,17,19). The number of morpholine rings is 1. The van der Waals surface area contributed by atoms with Crippen LogP contribution in [0, 0.1) is 0 Å². The lowest BCUT2D eigenvalue weighted by atomic mass is 10.1. The van der Waals surface area contributed by atoms with E-state index in [9.17, 15) is 4.79 Å². The average Bonchev–Trinajstić information content (AvgIpc) is 2.48. The zero-order valence-electron chi connectivity index (χ0n) is 12.0. The van der Waals surface area contributed by atoms with E-state index in [1.807, 2.05) is 31.2 Å². The minimum atomic E-state index is -0.0330. The molecule has 1 amide bonds. The van der Waals surface area contributed by atoms with Crippen LogP contribution >= 0.6 is 0 Å². The number of nitrogens with zero attached hydrogens (tertiary/aromatic N) is 1. The van der Waals surface area contributed by atoms with E-state index in [2.05, 4.69) is 10.2 Å². The summed E-state index contributed by atoms with van der Waals surface area (Å²) < 4.78 is 5.31. The summed E-state index contributed by atoms with van der Waals surface area (Å²) in [4.78, 5) is 14.4. The van der Waals surface area contributed by atoms with E-state index in [1.54, 1.807) is 0 Å². The summed E-state index contributed by atoms with van der Waals surface area (Å²) >= 11 is 0. The van der Waals surface area contributed by atoms with Crippen molar-refractivity contribution in [3.05, 3.63) is 35.4 Å². The minimum Gasteiger partial charge on any atom is -0.379 e. The van der Waals surface area contributed by atoms with Crippen molar-refractivity contribution in [1.29, 1.82) is 0 Å². The average molecular weight is 277 g/mol. The highest BCUT2D eigenvalue weighted by Crippen LogP contribution is 2.05. The number of hydrogen-bond acceptors (Lipinski definition) is 4. The molecule has 1 aliphatic heterocycles. The maximum absolute atomic E-state index is 12.1. The molecule has 0 bridgehead atoms. The number of amides is 1. The topological polar surface area (TPSA) is 67.6 Å². The SMILES string of the molecule is CC(CN1CCOCC1)NC(=O)c1ccc(CN)cc1. The third-order valence-electron chi connectivity index (χ3n) is 3.47. The van der Waals surface area contributed by atoms with Crippen LogP contribution in [0.2, 0.25) is 0 Å². The number of carbonyl (C=O) groups is 1. The van der Waals surface area contributed by atoms with Gasteiger partial charge in [0.25, 0.3) is 5.91 Å². The van der Waals surface area contributed by atoms with Crippen LogP contribution in [0.15, 0.2) is 24.3 Å². The van der Waals surface area contributed by atoms with Crippen LogP contribution < -0.4 is 11.1 Å². The predicted molar refractivity (Wildman–Crippen MR) is 78.5 cm³/mol. The highest BCUT2D eigenvalue weighted by Gasteiger charge is 2.15. The normalized spacial score (nSPS) is 17.7. The number of ether oxygens (including phenoxy) is 1. The van der Waals surface area contributed by atoms with Crippen molar-refractivity contribution >= 4 is 5.91 Å². The minimum absolute atomic E-state index is 0.0330. The van der Waals surface area contributed by atoms with E-state index in [-0.39, 0.29) is 11.9 Å². The summed E-state index contributed by atoms with van der Waals surface area (Å²) in [6, 6.07) is 7.54. The van der Waals surface area contributed by atoms with Gasteiger partial charge in [-0.25, -0.2) is 0 Å². The molecule has 0 saturated carbocycles. The Kier molecular flexibility index (Phi) is 5.52. The molecule has 1 aliphatic rings. The van der Waals surface area contributed by atoms with Crippen LogP contribution in [-0.4, -0.2) is 49.7 Å². The summed E-state index contributed by atoms with van der Waals surface area (Å²) in [7, 11) is 0. The number of rotatable bonds is 5. The van der Waals surface area contributed by atoms with Crippen LogP contribution in [0.5, 0.6) is 0 Å². The first kappa shape index (κ1) is 15.0. The predicted octanol–water partition coefficient (Wildman–Crippen LogP) is 0.596.